The number of quaternary nitrogens is 1. The van der Waals surface area contributed by atoms with E-state index in [-0.39, 0.29) is 32.0 Å². The van der Waals surface area contributed by atoms with Gasteiger partial charge in [0.1, 0.15) is 19.8 Å². The minimum atomic E-state index is -4.63. The lowest BCUT2D eigenvalue weighted by molar-refractivity contribution is -0.870. The number of carbonyl (C=O) groups excluding carboxylic acids is 2. The van der Waals surface area contributed by atoms with E-state index >= 15 is 0 Å². The molecule has 9 nitrogen and oxygen atoms in total. The Bertz CT molecular complexity index is 1290. The van der Waals surface area contributed by atoms with E-state index in [4.69, 9.17) is 18.5 Å². The molecule has 2 unspecified atom stereocenters. The number of phosphoric acid groups is 1. The van der Waals surface area contributed by atoms with Crippen LogP contribution in [0, 0.1) is 0 Å². The monoisotopic (exact) mass is 1100 g/mol. The minimum absolute atomic E-state index is 0.0260. The van der Waals surface area contributed by atoms with Gasteiger partial charge in [0.05, 0.1) is 27.7 Å². The zero-order chi connectivity index (χ0) is 55.6. The standard InChI is InChI=1S/C66H130NO8P/c1-6-8-10-12-14-16-18-20-22-24-26-28-29-30-31-32-33-34-35-36-37-39-41-43-45-47-49-51-53-55-57-59-66(69)75-64(63-74-76(70,71)73-61-60-67(3,4)5)62-72-65(68)58-56-54-52-50-48-46-44-42-40-38-27-25-23-21-19-17-15-13-11-9-7-2/h24,26,64H,6-23,25,27-63H2,1-5H3/b26-24-. The maximum Gasteiger partial charge on any atom is 0.306 e. The number of hydrogen-bond acceptors (Lipinski definition) is 8. The number of carbonyl (C=O) groups is 2. The molecule has 0 saturated heterocycles. The molecule has 452 valence electrons. The Morgan fingerprint density at radius 3 is 0.974 bits per heavy atom. The molecular formula is C66H130NO8P. The number of esters is 2. The molecule has 0 N–H and O–H groups in total. The number of hydrogen-bond donors (Lipinski definition) is 0. The second kappa shape index (κ2) is 58.4. The van der Waals surface area contributed by atoms with E-state index in [1.165, 1.54) is 283 Å². The second-order valence-electron chi connectivity index (χ2n) is 24.2. The van der Waals surface area contributed by atoms with E-state index in [1.54, 1.807) is 0 Å². The van der Waals surface area contributed by atoms with Crippen LogP contribution in [0.25, 0.3) is 0 Å². The van der Waals surface area contributed by atoms with Gasteiger partial charge in [-0.1, -0.05) is 309 Å². The largest absolute Gasteiger partial charge is 0.756 e. The van der Waals surface area contributed by atoms with Crippen LogP contribution in [-0.2, 0) is 32.7 Å². The Morgan fingerprint density at radius 1 is 0.395 bits per heavy atom. The van der Waals surface area contributed by atoms with Crippen LogP contribution in [-0.4, -0.2) is 70.0 Å². The van der Waals surface area contributed by atoms with Crippen LogP contribution in [0.5, 0.6) is 0 Å². The molecule has 0 spiro atoms. The molecule has 0 aromatic rings. The van der Waals surface area contributed by atoms with Crippen molar-refractivity contribution in [3.63, 3.8) is 0 Å². The van der Waals surface area contributed by atoms with E-state index in [0.717, 1.165) is 32.1 Å². The summed E-state index contributed by atoms with van der Waals surface area (Å²) in [5.41, 5.74) is 0. The molecule has 0 radical (unpaired) electrons. The Labute approximate surface area is 473 Å². The summed E-state index contributed by atoms with van der Waals surface area (Å²) in [4.78, 5) is 38.0. The third-order valence-electron chi connectivity index (χ3n) is 15.3. The van der Waals surface area contributed by atoms with Gasteiger partial charge in [0.25, 0.3) is 7.82 Å². The van der Waals surface area contributed by atoms with Crippen LogP contribution < -0.4 is 4.89 Å². The van der Waals surface area contributed by atoms with Crippen molar-refractivity contribution in [1.82, 2.24) is 0 Å². The van der Waals surface area contributed by atoms with Crippen LogP contribution in [0.3, 0.4) is 0 Å². The van der Waals surface area contributed by atoms with Crippen LogP contribution in [0.15, 0.2) is 12.2 Å². The van der Waals surface area contributed by atoms with E-state index in [1.807, 2.05) is 21.1 Å². The summed E-state index contributed by atoms with van der Waals surface area (Å²) < 4.78 is 34.3. The van der Waals surface area contributed by atoms with Gasteiger partial charge in [-0.15, -0.1) is 0 Å². The summed E-state index contributed by atoms with van der Waals surface area (Å²) >= 11 is 0. The minimum Gasteiger partial charge on any atom is -0.756 e. The first-order valence-corrected chi connectivity index (χ1v) is 34.9. The molecule has 0 saturated carbocycles. The molecule has 0 rings (SSSR count). The highest BCUT2D eigenvalue weighted by molar-refractivity contribution is 7.45. The Balaban J connectivity index is 4.00. The van der Waals surface area contributed by atoms with Crippen molar-refractivity contribution >= 4 is 19.8 Å². The number of rotatable bonds is 63. The number of phosphoric ester groups is 1. The molecule has 0 aliphatic rings. The van der Waals surface area contributed by atoms with E-state index in [0.29, 0.717) is 17.4 Å². The summed E-state index contributed by atoms with van der Waals surface area (Å²) in [7, 11) is 1.19. The summed E-state index contributed by atoms with van der Waals surface area (Å²) in [6.45, 7) is 4.32. The first-order valence-electron chi connectivity index (χ1n) is 33.4. The fourth-order valence-electron chi connectivity index (χ4n) is 10.1. The van der Waals surface area contributed by atoms with Crippen molar-refractivity contribution in [2.24, 2.45) is 0 Å². The number of likely N-dealkylation sites (N-methyl/N-ethyl adjacent to an activating group) is 1. The first kappa shape index (κ1) is 74.8. The van der Waals surface area contributed by atoms with Gasteiger partial charge < -0.3 is 27.9 Å². The van der Waals surface area contributed by atoms with Crippen molar-refractivity contribution in [3.05, 3.63) is 12.2 Å². The zero-order valence-electron chi connectivity index (χ0n) is 51.5. The third-order valence-corrected chi connectivity index (χ3v) is 16.2. The van der Waals surface area contributed by atoms with E-state index in [9.17, 15) is 19.0 Å². The predicted octanol–water partition coefficient (Wildman–Crippen LogP) is 20.5. The summed E-state index contributed by atoms with van der Waals surface area (Å²) in [5, 5.41) is 0. The average Bonchev–Trinajstić information content (AvgIpc) is 3.38. The normalized spacial score (nSPS) is 13.2. The van der Waals surface area contributed by atoms with Gasteiger partial charge in [-0.3, -0.25) is 14.2 Å². The SMILES string of the molecule is CCCCCCCCCC/C=C\CCCCCCCCCCCCCCCCCCCCCC(=O)OC(COC(=O)CCCCCCCCCCCCCCCCCCCCCCC)COP(=O)([O-])OCC[N+](C)(C)C. The first-order chi connectivity index (χ1) is 37.0. The topological polar surface area (TPSA) is 111 Å². The van der Waals surface area contributed by atoms with Gasteiger partial charge in [-0.25, -0.2) is 0 Å². The summed E-state index contributed by atoms with van der Waals surface area (Å²) in [5.74, 6) is -0.808. The molecule has 10 heteroatoms. The molecule has 0 aliphatic heterocycles. The molecule has 2 atom stereocenters. The van der Waals surface area contributed by atoms with Gasteiger partial charge in [-0.2, -0.15) is 0 Å². The van der Waals surface area contributed by atoms with Crippen LogP contribution in [0.2, 0.25) is 0 Å². The molecule has 0 bridgehead atoms. The van der Waals surface area contributed by atoms with Gasteiger partial charge in [-0.05, 0) is 38.5 Å². The molecule has 0 heterocycles. The Hall–Kier alpha value is -1.25. The average molecular weight is 1100 g/mol. The lowest BCUT2D eigenvalue weighted by Gasteiger charge is -2.28. The van der Waals surface area contributed by atoms with E-state index < -0.39 is 26.5 Å². The van der Waals surface area contributed by atoms with E-state index in [2.05, 4.69) is 26.0 Å². The molecule has 0 aromatic carbocycles. The van der Waals surface area contributed by atoms with Gasteiger partial charge in [0.15, 0.2) is 6.10 Å². The quantitative estimate of drug-likeness (QED) is 0.0195. The maximum atomic E-state index is 12.8. The molecule has 76 heavy (non-hydrogen) atoms. The van der Waals surface area contributed by atoms with Gasteiger partial charge in [0, 0.05) is 12.8 Å². The number of ether oxygens (including phenoxy) is 2. The fraction of sp³-hybridized carbons (Fsp3) is 0.939. The number of allylic oxidation sites excluding steroid dienone is 2. The number of nitrogens with zero attached hydrogens (tertiary/aromatic N) is 1. The maximum absolute atomic E-state index is 12.8. The lowest BCUT2D eigenvalue weighted by atomic mass is 10.0. The van der Waals surface area contributed by atoms with Crippen molar-refractivity contribution in [3.8, 4) is 0 Å². The molecule has 0 aromatic heterocycles. The predicted molar refractivity (Wildman–Crippen MR) is 324 cm³/mol. The molecule has 0 amide bonds. The zero-order valence-corrected chi connectivity index (χ0v) is 52.4. The molecule has 0 fully saturated rings. The molecular weight excluding hydrogens is 966 g/mol. The smallest absolute Gasteiger partial charge is 0.306 e. The van der Waals surface area contributed by atoms with Crippen molar-refractivity contribution in [1.29, 1.82) is 0 Å². The molecule has 0 aliphatic carbocycles. The van der Waals surface area contributed by atoms with Crippen molar-refractivity contribution in [2.75, 3.05) is 47.5 Å². The summed E-state index contributed by atoms with van der Waals surface area (Å²) in [6, 6.07) is 0. The fourth-order valence-corrected chi connectivity index (χ4v) is 10.9. The van der Waals surface area contributed by atoms with Gasteiger partial charge in [0.2, 0.25) is 0 Å². The Kier molecular flexibility index (Phi) is 57.4. The van der Waals surface area contributed by atoms with Gasteiger partial charge >= 0.3 is 11.9 Å². The van der Waals surface area contributed by atoms with Crippen molar-refractivity contribution < 1.29 is 42.1 Å². The highest BCUT2D eigenvalue weighted by atomic mass is 31.2. The highest BCUT2D eigenvalue weighted by Crippen LogP contribution is 2.38. The summed E-state index contributed by atoms with van der Waals surface area (Å²) in [6.07, 6.45) is 70.0. The third kappa shape index (κ3) is 62.0. The lowest BCUT2D eigenvalue weighted by Crippen LogP contribution is -2.37. The van der Waals surface area contributed by atoms with Crippen LogP contribution >= 0.6 is 7.82 Å². The van der Waals surface area contributed by atoms with Crippen LogP contribution in [0.4, 0.5) is 0 Å². The van der Waals surface area contributed by atoms with Crippen LogP contribution in [0.1, 0.15) is 348 Å². The Morgan fingerprint density at radius 2 is 0.671 bits per heavy atom. The second-order valence-corrected chi connectivity index (χ2v) is 25.6. The highest BCUT2D eigenvalue weighted by Gasteiger charge is 2.22. The number of unbranched alkanes of at least 4 members (excludes halogenated alkanes) is 47. The van der Waals surface area contributed by atoms with Crippen molar-refractivity contribution in [2.45, 2.75) is 354 Å².